The number of esters is 1. The summed E-state index contributed by atoms with van der Waals surface area (Å²) < 4.78 is 6.32. The first-order valence-corrected chi connectivity index (χ1v) is 9.76. The Kier molecular flexibility index (Phi) is 6.07. The standard InChI is InChI=1S/C18H15ClN2O2S2/c1-12-10-24-18(21-12)25-11-13-2-4-14(5-3-13)17(22)23-9-16-8-15(19)6-7-20-16/h2-8,10H,9,11H2,1H3. The summed E-state index contributed by atoms with van der Waals surface area (Å²) in [5.74, 6) is 0.436. The third-order valence-corrected chi connectivity index (χ3v) is 5.72. The number of carbonyl (C=O) groups is 1. The van der Waals surface area contributed by atoms with E-state index in [4.69, 9.17) is 16.3 Å². The van der Waals surface area contributed by atoms with Crippen LogP contribution in [0.3, 0.4) is 0 Å². The molecule has 0 amide bonds. The van der Waals surface area contributed by atoms with Gasteiger partial charge in [-0.15, -0.1) is 11.3 Å². The van der Waals surface area contributed by atoms with Crippen LogP contribution in [0, 0.1) is 6.92 Å². The van der Waals surface area contributed by atoms with Crippen LogP contribution in [-0.2, 0) is 17.1 Å². The molecule has 0 atom stereocenters. The second kappa shape index (κ2) is 8.47. The van der Waals surface area contributed by atoms with E-state index in [2.05, 4.69) is 9.97 Å². The average molecular weight is 391 g/mol. The Morgan fingerprint density at radius 1 is 1.28 bits per heavy atom. The summed E-state index contributed by atoms with van der Waals surface area (Å²) in [4.78, 5) is 20.6. The van der Waals surface area contributed by atoms with Gasteiger partial charge in [-0.3, -0.25) is 4.98 Å². The molecule has 0 radical (unpaired) electrons. The predicted octanol–water partition coefficient (Wildman–Crippen LogP) is 5.15. The normalized spacial score (nSPS) is 10.6. The molecule has 0 fully saturated rings. The molecule has 0 aliphatic carbocycles. The molecule has 1 aromatic carbocycles. The highest BCUT2D eigenvalue weighted by atomic mass is 35.5. The Balaban J connectivity index is 1.53. The Hall–Kier alpha value is -1.89. The monoisotopic (exact) mass is 390 g/mol. The zero-order valence-electron chi connectivity index (χ0n) is 13.4. The number of thioether (sulfide) groups is 1. The van der Waals surface area contributed by atoms with Crippen molar-refractivity contribution < 1.29 is 9.53 Å². The van der Waals surface area contributed by atoms with Gasteiger partial charge in [-0.2, -0.15) is 0 Å². The zero-order chi connectivity index (χ0) is 17.6. The molecular weight excluding hydrogens is 376 g/mol. The summed E-state index contributed by atoms with van der Waals surface area (Å²) in [6.45, 7) is 2.08. The number of aromatic nitrogens is 2. The van der Waals surface area contributed by atoms with Crippen LogP contribution >= 0.6 is 34.7 Å². The Labute approximate surface area is 159 Å². The largest absolute Gasteiger partial charge is 0.456 e. The van der Waals surface area contributed by atoms with E-state index in [-0.39, 0.29) is 12.6 Å². The van der Waals surface area contributed by atoms with Crippen LogP contribution < -0.4 is 0 Å². The SMILES string of the molecule is Cc1csc(SCc2ccc(C(=O)OCc3cc(Cl)ccn3)cc2)n1. The maximum Gasteiger partial charge on any atom is 0.338 e. The lowest BCUT2D eigenvalue weighted by molar-refractivity contribution is 0.0468. The summed E-state index contributed by atoms with van der Waals surface area (Å²) in [6.07, 6.45) is 1.59. The Morgan fingerprint density at radius 3 is 2.76 bits per heavy atom. The van der Waals surface area contributed by atoms with Gasteiger partial charge in [0.1, 0.15) is 10.9 Å². The van der Waals surface area contributed by atoms with E-state index in [1.54, 1.807) is 53.6 Å². The van der Waals surface area contributed by atoms with E-state index in [1.807, 2.05) is 24.4 Å². The van der Waals surface area contributed by atoms with Crippen molar-refractivity contribution in [3.05, 3.63) is 75.5 Å². The van der Waals surface area contributed by atoms with Gasteiger partial charge in [0.15, 0.2) is 0 Å². The molecule has 2 heterocycles. The van der Waals surface area contributed by atoms with Crippen molar-refractivity contribution in [1.82, 2.24) is 9.97 Å². The maximum atomic E-state index is 12.1. The Morgan fingerprint density at radius 2 is 2.08 bits per heavy atom. The number of aryl methyl sites for hydroxylation is 1. The first-order chi connectivity index (χ1) is 12.1. The Bertz CT molecular complexity index is 866. The third kappa shape index (κ3) is 5.29. The molecule has 0 aliphatic heterocycles. The fourth-order valence-corrected chi connectivity index (χ4v) is 4.02. The summed E-state index contributed by atoms with van der Waals surface area (Å²) in [5, 5.41) is 2.61. The van der Waals surface area contributed by atoms with Crippen LogP contribution in [0.1, 0.15) is 27.3 Å². The molecule has 0 unspecified atom stereocenters. The van der Waals surface area contributed by atoms with Gasteiger partial charge >= 0.3 is 5.97 Å². The lowest BCUT2D eigenvalue weighted by Gasteiger charge is -2.06. The van der Waals surface area contributed by atoms with E-state index in [0.29, 0.717) is 16.3 Å². The van der Waals surface area contributed by atoms with Crippen molar-refractivity contribution in [3.8, 4) is 0 Å². The van der Waals surface area contributed by atoms with Crippen LogP contribution in [0.2, 0.25) is 5.02 Å². The lowest BCUT2D eigenvalue weighted by atomic mass is 10.1. The fourth-order valence-electron chi connectivity index (χ4n) is 2.03. The van der Waals surface area contributed by atoms with E-state index < -0.39 is 0 Å². The molecule has 0 spiro atoms. The van der Waals surface area contributed by atoms with Gasteiger partial charge in [-0.1, -0.05) is 35.5 Å². The number of nitrogens with zero attached hydrogens (tertiary/aromatic N) is 2. The minimum absolute atomic E-state index is 0.0976. The fraction of sp³-hybridized carbons (Fsp3) is 0.167. The molecule has 128 valence electrons. The number of rotatable bonds is 6. The topological polar surface area (TPSA) is 52.1 Å². The number of benzene rings is 1. The van der Waals surface area contributed by atoms with E-state index in [1.165, 1.54) is 0 Å². The van der Waals surface area contributed by atoms with Gasteiger partial charge in [0.2, 0.25) is 0 Å². The number of thiazole rings is 1. The minimum atomic E-state index is -0.378. The number of hydrogen-bond acceptors (Lipinski definition) is 6. The molecule has 3 aromatic rings. The van der Waals surface area contributed by atoms with Crippen LogP contribution in [0.4, 0.5) is 0 Å². The lowest BCUT2D eigenvalue weighted by Crippen LogP contribution is -2.06. The molecule has 7 heteroatoms. The average Bonchev–Trinajstić information content (AvgIpc) is 3.04. The van der Waals surface area contributed by atoms with Crippen molar-refractivity contribution in [3.63, 3.8) is 0 Å². The number of ether oxygens (including phenoxy) is 1. The molecule has 0 aliphatic rings. The van der Waals surface area contributed by atoms with Crippen LogP contribution in [0.15, 0.2) is 52.3 Å². The van der Waals surface area contributed by atoms with Gasteiger partial charge in [-0.25, -0.2) is 9.78 Å². The predicted molar refractivity (Wildman–Crippen MR) is 101 cm³/mol. The first kappa shape index (κ1) is 17.9. The number of halogens is 1. The molecule has 0 saturated heterocycles. The molecule has 25 heavy (non-hydrogen) atoms. The van der Waals surface area contributed by atoms with Crippen molar-refractivity contribution >= 4 is 40.7 Å². The van der Waals surface area contributed by atoms with Gasteiger partial charge in [-0.05, 0) is 36.8 Å². The molecule has 0 bridgehead atoms. The van der Waals surface area contributed by atoms with Gasteiger partial charge < -0.3 is 4.74 Å². The molecule has 0 N–H and O–H groups in total. The summed E-state index contributed by atoms with van der Waals surface area (Å²) in [6, 6.07) is 10.8. The van der Waals surface area contributed by atoms with Crippen LogP contribution in [-0.4, -0.2) is 15.9 Å². The third-order valence-electron chi connectivity index (χ3n) is 3.28. The van der Waals surface area contributed by atoms with Crippen molar-refractivity contribution in [2.45, 2.75) is 23.6 Å². The molecule has 3 rings (SSSR count). The van der Waals surface area contributed by atoms with Gasteiger partial charge in [0.25, 0.3) is 0 Å². The van der Waals surface area contributed by atoms with E-state index in [0.717, 1.165) is 21.3 Å². The quantitative estimate of drug-likeness (QED) is 0.430. The minimum Gasteiger partial charge on any atom is -0.456 e. The molecular formula is C18H15ClN2O2S2. The highest BCUT2D eigenvalue weighted by Gasteiger charge is 2.08. The highest BCUT2D eigenvalue weighted by Crippen LogP contribution is 2.26. The number of carbonyl (C=O) groups excluding carboxylic acids is 1. The highest BCUT2D eigenvalue weighted by molar-refractivity contribution is 8.00. The van der Waals surface area contributed by atoms with E-state index in [9.17, 15) is 4.79 Å². The van der Waals surface area contributed by atoms with Crippen LogP contribution in [0.5, 0.6) is 0 Å². The summed E-state index contributed by atoms with van der Waals surface area (Å²) in [5.41, 5.74) is 3.30. The van der Waals surface area contributed by atoms with Crippen LogP contribution in [0.25, 0.3) is 0 Å². The second-order valence-corrected chi connectivity index (χ2v) is 7.80. The summed E-state index contributed by atoms with van der Waals surface area (Å²) in [7, 11) is 0. The molecule has 0 saturated carbocycles. The van der Waals surface area contributed by atoms with Crippen molar-refractivity contribution in [2.75, 3.05) is 0 Å². The maximum absolute atomic E-state index is 12.1. The smallest absolute Gasteiger partial charge is 0.338 e. The second-order valence-electron chi connectivity index (χ2n) is 5.28. The van der Waals surface area contributed by atoms with Gasteiger partial charge in [0, 0.05) is 28.0 Å². The number of pyridine rings is 1. The van der Waals surface area contributed by atoms with Gasteiger partial charge in [0.05, 0.1) is 11.3 Å². The molecule has 4 nitrogen and oxygen atoms in total. The zero-order valence-corrected chi connectivity index (χ0v) is 15.8. The van der Waals surface area contributed by atoms with Crippen molar-refractivity contribution in [1.29, 1.82) is 0 Å². The first-order valence-electron chi connectivity index (χ1n) is 7.51. The molecule has 2 aromatic heterocycles. The summed E-state index contributed by atoms with van der Waals surface area (Å²) >= 11 is 9.22. The van der Waals surface area contributed by atoms with Crippen molar-refractivity contribution in [2.24, 2.45) is 0 Å². The number of hydrogen-bond donors (Lipinski definition) is 0. The van der Waals surface area contributed by atoms with E-state index >= 15 is 0 Å².